The van der Waals surface area contributed by atoms with Crippen LogP contribution in [0.4, 0.5) is 0 Å². The monoisotopic (exact) mass is 445 g/mol. The van der Waals surface area contributed by atoms with E-state index >= 15 is 0 Å². The van der Waals surface area contributed by atoms with Crippen LogP contribution in [0.5, 0.6) is 11.5 Å². The number of nitrogens with zero attached hydrogens (tertiary/aromatic N) is 1. The molecule has 5 heteroatoms. The molecule has 4 heterocycles. The minimum Gasteiger partial charge on any atom is -0.504 e. The lowest BCUT2D eigenvalue weighted by Crippen LogP contribution is -2.46. The number of hydrogen-bond acceptors (Lipinski definition) is 4. The van der Waals surface area contributed by atoms with Gasteiger partial charge in [-0.05, 0) is 79.0 Å². The molecule has 0 radical (unpaired) electrons. The average Bonchev–Trinajstić information content (AvgIpc) is 3.23. The summed E-state index contributed by atoms with van der Waals surface area (Å²) in [6.07, 6.45) is 5.68. The first-order chi connectivity index (χ1) is 16.2. The van der Waals surface area contributed by atoms with E-state index in [0.29, 0.717) is 29.7 Å². The Morgan fingerprint density at radius 2 is 2.03 bits per heavy atom. The fourth-order valence-corrected chi connectivity index (χ4v) is 6.87. The highest BCUT2D eigenvalue weighted by Gasteiger charge is 2.40. The zero-order valence-corrected chi connectivity index (χ0v) is 19.7. The van der Waals surface area contributed by atoms with Crippen molar-refractivity contribution in [3.8, 4) is 11.5 Å². The minimum atomic E-state index is 0.268. The average molecular weight is 446 g/mol. The lowest BCUT2D eigenvalue weighted by molar-refractivity contribution is 0.0433. The predicted octanol–water partition coefficient (Wildman–Crippen LogP) is 5.10. The summed E-state index contributed by atoms with van der Waals surface area (Å²) >= 11 is 0. The van der Waals surface area contributed by atoms with Gasteiger partial charge in [0.2, 0.25) is 0 Å². The summed E-state index contributed by atoms with van der Waals surface area (Å²) in [5, 5.41) is 15.7. The van der Waals surface area contributed by atoms with E-state index < -0.39 is 0 Å². The first kappa shape index (κ1) is 21.1. The molecule has 174 valence electrons. The van der Waals surface area contributed by atoms with Crippen LogP contribution in [0, 0.1) is 11.8 Å². The van der Waals surface area contributed by atoms with E-state index in [1.165, 1.54) is 46.1 Å². The molecule has 1 fully saturated rings. The number of aromatic nitrogens is 1. The van der Waals surface area contributed by atoms with Crippen molar-refractivity contribution in [3.63, 3.8) is 0 Å². The van der Waals surface area contributed by atoms with Crippen LogP contribution in [0.25, 0.3) is 10.9 Å². The Hall–Kier alpha value is -2.50. The Morgan fingerprint density at radius 1 is 1.15 bits per heavy atom. The Bertz CT molecular complexity index is 1170. The summed E-state index contributed by atoms with van der Waals surface area (Å²) in [6.45, 7) is 5.66. The van der Waals surface area contributed by atoms with Crippen LogP contribution >= 0.6 is 0 Å². The lowest BCUT2D eigenvalue weighted by Gasteiger charge is -2.48. The smallest absolute Gasteiger partial charge is 0.160 e. The van der Waals surface area contributed by atoms with Crippen molar-refractivity contribution in [3.05, 3.63) is 58.8 Å². The molecule has 6 rings (SSSR count). The highest BCUT2D eigenvalue weighted by molar-refractivity contribution is 5.85. The molecule has 3 N–H and O–H groups in total. The van der Waals surface area contributed by atoms with Crippen molar-refractivity contribution in [2.24, 2.45) is 11.8 Å². The minimum absolute atomic E-state index is 0.268. The van der Waals surface area contributed by atoms with Crippen LogP contribution in [-0.4, -0.2) is 41.7 Å². The number of hydrogen-bond donors (Lipinski definition) is 3. The second-order valence-electron chi connectivity index (χ2n) is 10.2. The number of methoxy groups -OCH3 is 1. The third-order valence-corrected chi connectivity index (χ3v) is 8.59. The van der Waals surface area contributed by atoms with Crippen LogP contribution in [0.3, 0.4) is 0 Å². The zero-order valence-electron chi connectivity index (χ0n) is 19.7. The molecular formula is C28H35N3O2. The fraction of sp³-hybridized carbons (Fsp3) is 0.500. The summed E-state index contributed by atoms with van der Waals surface area (Å²) in [5.41, 5.74) is 6.84. The number of aromatic amines is 1. The maximum Gasteiger partial charge on any atom is 0.160 e. The molecule has 1 aromatic heterocycles. The third kappa shape index (κ3) is 3.53. The van der Waals surface area contributed by atoms with Gasteiger partial charge in [0.15, 0.2) is 11.5 Å². The Kier molecular flexibility index (Phi) is 5.34. The number of nitrogens with one attached hydrogen (secondary N) is 2. The van der Waals surface area contributed by atoms with E-state index in [0.717, 1.165) is 38.9 Å². The number of para-hydroxylation sites is 1. The van der Waals surface area contributed by atoms with Gasteiger partial charge in [0.1, 0.15) is 0 Å². The molecule has 5 nitrogen and oxygen atoms in total. The second kappa shape index (κ2) is 8.37. The molecule has 0 saturated carbocycles. The number of phenolic OH excluding ortho intramolecular Hbond substituents is 1. The van der Waals surface area contributed by atoms with Crippen molar-refractivity contribution in [2.75, 3.05) is 26.7 Å². The normalized spacial score (nSPS) is 27.1. The molecular weight excluding hydrogens is 410 g/mol. The fourth-order valence-electron chi connectivity index (χ4n) is 6.87. The molecule has 3 aliphatic rings. The quantitative estimate of drug-likeness (QED) is 0.523. The van der Waals surface area contributed by atoms with Gasteiger partial charge in [0, 0.05) is 41.8 Å². The highest BCUT2D eigenvalue weighted by atomic mass is 16.5. The summed E-state index contributed by atoms with van der Waals surface area (Å²) in [6, 6.07) is 13.6. The van der Waals surface area contributed by atoms with Crippen molar-refractivity contribution < 1.29 is 9.84 Å². The van der Waals surface area contributed by atoms with Gasteiger partial charge in [-0.3, -0.25) is 4.90 Å². The number of piperidine rings is 1. The van der Waals surface area contributed by atoms with Gasteiger partial charge in [0.25, 0.3) is 0 Å². The molecule has 0 bridgehead atoms. The van der Waals surface area contributed by atoms with Crippen molar-refractivity contribution >= 4 is 10.9 Å². The third-order valence-electron chi connectivity index (χ3n) is 8.59. The summed E-state index contributed by atoms with van der Waals surface area (Å²) < 4.78 is 5.39. The number of aromatic hydroxyl groups is 1. The molecule has 33 heavy (non-hydrogen) atoms. The molecule has 0 amide bonds. The standard InChI is InChI=1S/C28H35N3O2/c1-3-17-16-31-11-9-18-14-27(33-2)26(32)15-22(18)25(31)13-19(17)12-24-28-21(8-10-29-24)20-6-4-5-7-23(20)30-28/h4-7,14-15,17,19,24-25,29-30,32H,3,8-13,16H2,1-2H3/t17-,19+,24+,25-/m0/s1. The van der Waals surface area contributed by atoms with Crippen LogP contribution < -0.4 is 10.1 Å². The van der Waals surface area contributed by atoms with Gasteiger partial charge < -0.3 is 20.1 Å². The van der Waals surface area contributed by atoms with E-state index in [-0.39, 0.29) is 5.75 Å². The molecule has 0 spiro atoms. The summed E-state index contributed by atoms with van der Waals surface area (Å²) in [7, 11) is 1.63. The van der Waals surface area contributed by atoms with Gasteiger partial charge >= 0.3 is 0 Å². The largest absolute Gasteiger partial charge is 0.504 e. The number of phenols is 1. The first-order valence-electron chi connectivity index (χ1n) is 12.6. The maximum absolute atomic E-state index is 10.5. The molecule has 4 atom stereocenters. The van der Waals surface area contributed by atoms with Crippen molar-refractivity contribution in [1.29, 1.82) is 0 Å². The summed E-state index contributed by atoms with van der Waals surface area (Å²) in [4.78, 5) is 6.43. The number of benzene rings is 2. The van der Waals surface area contributed by atoms with E-state index in [9.17, 15) is 5.11 Å². The van der Waals surface area contributed by atoms with Crippen LogP contribution in [0.1, 0.15) is 60.7 Å². The van der Waals surface area contributed by atoms with Crippen LogP contribution in [0.2, 0.25) is 0 Å². The Balaban J connectivity index is 1.30. The number of rotatable bonds is 4. The van der Waals surface area contributed by atoms with Crippen molar-refractivity contribution in [2.45, 2.75) is 51.1 Å². The SMILES string of the molecule is CC[C@H]1CN2CCc3cc(OC)c(O)cc3[C@@H]2C[C@H]1C[C@H]1NCCc2c1[nH]c1ccccc21. The van der Waals surface area contributed by atoms with Crippen LogP contribution in [-0.2, 0) is 12.8 Å². The van der Waals surface area contributed by atoms with Gasteiger partial charge in [-0.25, -0.2) is 0 Å². The van der Waals surface area contributed by atoms with E-state index in [1.807, 2.05) is 6.07 Å². The molecule has 2 aromatic carbocycles. The number of ether oxygens (including phenoxy) is 1. The Morgan fingerprint density at radius 3 is 2.88 bits per heavy atom. The van der Waals surface area contributed by atoms with Gasteiger partial charge in [0.05, 0.1) is 7.11 Å². The van der Waals surface area contributed by atoms with Gasteiger partial charge in [-0.15, -0.1) is 0 Å². The van der Waals surface area contributed by atoms with E-state index in [1.54, 1.807) is 7.11 Å². The first-order valence-corrected chi connectivity index (χ1v) is 12.6. The second-order valence-corrected chi connectivity index (χ2v) is 10.2. The van der Waals surface area contributed by atoms with Gasteiger partial charge in [-0.2, -0.15) is 0 Å². The van der Waals surface area contributed by atoms with Crippen LogP contribution in [0.15, 0.2) is 36.4 Å². The van der Waals surface area contributed by atoms with Crippen molar-refractivity contribution in [1.82, 2.24) is 15.2 Å². The molecule has 3 aromatic rings. The van der Waals surface area contributed by atoms with E-state index in [4.69, 9.17) is 4.74 Å². The Labute approximate surface area is 196 Å². The highest BCUT2D eigenvalue weighted by Crippen LogP contribution is 2.47. The number of fused-ring (bicyclic) bond motifs is 6. The topological polar surface area (TPSA) is 60.5 Å². The zero-order chi connectivity index (χ0) is 22.5. The number of H-pyrrole nitrogens is 1. The lowest BCUT2D eigenvalue weighted by atomic mass is 9.73. The predicted molar refractivity (Wildman–Crippen MR) is 132 cm³/mol. The molecule has 3 aliphatic heterocycles. The maximum atomic E-state index is 10.5. The van der Waals surface area contributed by atoms with E-state index in [2.05, 4.69) is 52.5 Å². The summed E-state index contributed by atoms with van der Waals surface area (Å²) in [5.74, 6) is 2.23. The molecule has 1 saturated heterocycles. The molecule has 0 aliphatic carbocycles. The van der Waals surface area contributed by atoms with Gasteiger partial charge in [-0.1, -0.05) is 31.5 Å². The molecule has 0 unspecified atom stereocenters.